The van der Waals surface area contributed by atoms with Crippen LogP contribution in [0.2, 0.25) is 5.02 Å². The molecule has 12 heteroatoms. The average Bonchev–Trinajstić information content (AvgIpc) is 3.40. The van der Waals surface area contributed by atoms with E-state index in [1.54, 1.807) is 36.5 Å². The van der Waals surface area contributed by atoms with E-state index < -0.39 is 10.0 Å². The number of halogens is 1. The van der Waals surface area contributed by atoms with Crippen molar-refractivity contribution in [2.24, 2.45) is 0 Å². The molecule has 4 aromatic rings. The number of aryl methyl sites for hydroxylation is 1. The molecule has 0 amide bonds. The molecule has 2 unspecified atom stereocenters. The van der Waals surface area contributed by atoms with Crippen LogP contribution in [0.3, 0.4) is 0 Å². The van der Waals surface area contributed by atoms with Gasteiger partial charge in [0.2, 0.25) is 10.0 Å². The molecule has 2 aromatic carbocycles. The van der Waals surface area contributed by atoms with Gasteiger partial charge < -0.3 is 24.6 Å². The van der Waals surface area contributed by atoms with Gasteiger partial charge in [-0.3, -0.25) is 9.71 Å². The minimum atomic E-state index is -3.58. The van der Waals surface area contributed by atoms with Crippen molar-refractivity contribution >= 4 is 50.3 Å². The van der Waals surface area contributed by atoms with Crippen molar-refractivity contribution in [3.05, 3.63) is 94.5 Å². The molecule has 3 heterocycles. The first kappa shape index (κ1) is 27.8. The summed E-state index contributed by atoms with van der Waals surface area (Å²) in [7, 11) is -2.10. The largest absolute Gasteiger partial charge is 0.506 e. The molecule has 5 rings (SSSR count). The van der Waals surface area contributed by atoms with Gasteiger partial charge >= 0.3 is 0 Å². The highest BCUT2D eigenvalue weighted by Gasteiger charge is 2.42. The van der Waals surface area contributed by atoms with Crippen LogP contribution < -0.4 is 19.7 Å². The molecule has 0 radical (unpaired) electrons. The highest BCUT2D eigenvalue weighted by atomic mass is 35.5. The topological polar surface area (TPSA) is 109 Å². The molecule has 2 aromatic heterocycles. The number of aromatic hydroxyl groups is 1. The number of pyridine rings is 1. The zero-order valence-electron chi connectivity index (χ0n) is 22.2. The monoisotopic (exact) mass is 597 g/mol. The fourth-order valence-corrected chi connectivity index (χ4v) is 6.28. The van der Waals surface area contributed by atoms with Gasteiger partial charge in [-0.25, -0.2) is 8.42 Å². The lowest BCUT2D eigenvalue weighted by molar-refractivity contribution is 0.417. The average molecular weight is 598 g/mol. The number of anilines is 2. The van der Waals surface area contributed by atoms with Gasteiger partial charge in [-0.2, -0.15) is 0 Å². The Hall–Kier alpha value is -3.80. The van der Waals surface area contributed by atoms with Crippen molar-refractivity contribution in [2.75, 3.05) is 23.0 Å². The summed E-state index contributed by atoms with van der Waals surface area (Å²) in [5.41, 5.74) is 5.00. The van der Waals surface area contributed by atoms with E-state index in [0.717, 1.165) is 28.9 Å². The third-order valence-corrected chi connectivity index (χ3v) is 7.96. The molecular formula is C28H28ClN5O4S2. The van der Waals surface area contributed by atoms with Crippen LogP contribution in [0.4, 0.5) is 11.4 Å². The van der Waals surface area contributed by atoms with Crippen molar-refractivity contribution in [1.82, 2.24) is 14.9 Å². The zero-order valence-corrected chi connectivity index (χ0v) is 24.6. The summed E-state index contributed by atoms with van der Waals surface area (Å²) in [4.78, 5) is 6.56. The van der Waals surface area contributed by atoms with Gasteiger partial charge in [-0.15, -0.1) is 0 Å². The van der Waals surface area contributed by atoms with Crippen molar-refractivity contribution in [1.29, 1.82) is 0 Å². The quantitative estimate of drug-likeness (QED) is 0.243. The first-order chi connectivity index (χ1) is 19.0. The number of phenols is 1. The van der Waals surface area contributed by atoms with E-state index in [9.17, 15) is 13.5 Å². The Bertz CT molecular complexity index is 1710. The van der Waals surface area contributed by atoms with E-state index >= 15 is 0 Å². The van der Waals surface area contributed by atoms with Crippen LogP contribution in [0.1, 0.15) is 34.7 Å². The lowest BCUT2D eigenvalue weighted by atomic mass is 9.96. The molecule has 0 bridgehead atoms. The van der Waals surface area contributed by atoms with Gasteiger partial charge in [-0.05, 0) is 86.2 Å². The van der Waals surface area contributed by atoms with Gasteiger partial charge in [-0.1, -0.05) is 17.7 Å². The van der Waals surface area contributed by atoms with Crippen LogP contribution in [0, 0.1) is 13.8 Å². The maximum Gasteiger partial charge on any atom is 0.229 e. The molecule has 9 nitrogen and oxygen atoms in total. The molecule has 1 saturated heterocycles. The Kier molecular flexibility index (Phi) is 7.38. The highest BCUT2D eigenvalue weighted by molar-refractivity contribution is 7.92. The standard InChI is InChI=1S/C28H28ClN5O4S2/c1-16-13-20(17(2)33(16)23-14-18(29)8-10-24(23)35)27-26(21-7-5-6-12-30-21)31-28(39)34(27)19-9-11-25(38-3)22(15-19)32-40(4,36)37/h5-15,26-27,32,35H,1-4H3,(H,31,39). The number of benzene rings is 2. The Balaban J connectivity index is 1.70. The second kappa shape index (κ2) is 10.6. The Labute approximate surface area is 243 Å². The number of sulfonamides is 1. The second-order valence-electron chi connectivity index (χ2n) is 9.55. The minimum Gasteiger partial charge on any atom is -0.506 e. The summed E-state index contributed by atoms with van der Waals surface area (Å²) < 4.78 is 34.1. The van der Waals surface area contributed by atoms with Crippen LogP contribution in [-0.2, 0) is 10.0 Å². The van der Waals surface area contributed by atoms with Crippen LogP contribution in [0.15, 0.2) is 66.9 Å². The number of thiocarbonyl (C=S) groups is 1. The van der Waals surface area contributed by atoms with Gasteiger partial charge in [0.05, 0.1) is 42.5 Å². The molecule has 0 spiro atoms. The molecule has 1 aliphatic rings. The molecule has 208 valence electrons. The number of phenolic OH excluding ortho intramolecular Hbond substituents is 1. The van der Waals surface area contributed by atoms with Crippen molar-refractivity contribution in [2.45, 2.75) is 25.9 Å². The smallest absolute Gasteiger partial charge is 0.229 e. The summed E-state index contributed by atoms with van der Waals surface area (Å²) in [6.45, 7) is 3.93. The zero-order chi connectivity index (χ0) is 28.8. The van der Waals surface area contributed by atoms with Crippen LogP contribution in [-0.4, -0.2) is 41.6 Å². The molecule has 40 heavy (non-hydrogen) atoms. The number of rotatable bonds is 7. The Morgan fingerprint density at radius 3 is 2.58 bits per heavy atom. The van der Waals surface area contributed by atoms with E-state index in [1.807, 2.05) is 47.6 Å². The molecule has 1 aliphatic heterocycles. The highest BCUT2D eigenvalue weighted by Crippen LogP contribution is 2.45. The van der Waals surface area contributed by atoms with Gasteiger partial charge in [0.15, 0.2) is 5.11 Å². The van der Waals surface area contributed by atoms with Crippen LogP contribution in [0.25, 0.3) is 5.69 Å². The third kappa shape index (κ3) is 5.19. The van der Waals surface area contributed by atoms with E-state index in [-0.39, 0.29) is 17.8 Å². The van der Waals surface area contributed by atoms with E-state index in [2.05, 4.69) is 21.1 Å². The van der Waals surface area contributed by atoms with Gasteiger partial charge in [0.25, 0.3) is 0 Å². The lowest BCUT2D eigenvalue weighted by Gasteiger charge is -2.29. The summed E-state index contributed by atoms with van der Waals surface area (Å²) in [5, 5.41) is 15.1. The molecule has 1 fully saturated rings. The Morgan fingerprint density at radius 1 is 1.12 bits per heavy atom. The number of aromatic nitrogens is 2. The second-order valence-corrected chi connectivity index (χ2v) is 12.1. The third-order valence-electron chi connectivity index (χ3n) is 6.82. The molecule has 0 saturated carbocycles. The predicted octanol–water partition coefficient (Wildman–Crippen LogP) is 5.41. The first-order valence-electron chi connectivity index (χ1n) is 12.3. The SMILES string of the molecule is COc1ccc(N2C(=S)NC(c3ccccn3)C2c2cc(C)n(-c3cc(Cl)ccc3O)c2C)cc1NS(C)(=O)=O. The molecule has 2 atom stereocenters. The van der Waals surface area contributed by atoms with Crippen molar-refractivity contribution in [3.8, 4) is 17.2 Å². The van der Waals surface area contributed by atoms with Crippen LogP contribution in [0.5, 0.6) is 11.5 Å². The maximum atomic E-state index is 12.1. The number of hydrogen-bond acceptors (Lipinski definition) is 6. The predicted molar refractivity (Wildman–Crippen MR) is 161 cm³/mol. The number of nitrogens with zero attached hydrogens (tertiary/aromatic N) is 3. The van der Waals surface area contributed by atoms with Crippen LogP contribution >= 0.6 is 23.8 Å². The molecule has 3 N–H and O–H groups in total. The number of hydrogen-bond donors (Lipinski definition) is 3. The molecule has 0 aliphatic carbocycles. The number of nitrogens with one attached hydrogen (secondary N) is 2. The normalized spacial score (nSPS) is 17.1. The fraction of sp³-hybridized carbons (Fsp3) is 0.214. The lowest BCUT2D eigenvalue weighted by Crippen LogP contribution is -2.29. The maximum absolute atomic E-state index is 12.1. The molecular weight excluding hydrogens is 570 g/mol. The van der Waals surface area contributed by atoms with E-state index in [4.69, 9.17) is 28.6 Å². The van der Waals surface area contributed by atoms with Gasteiger partial charge in [0, 0.05) is 28.3 Å². The van der Waals surface area contributed by atoms with Gasteiger partial charge in [0.1, 0.15) is 11.5 Å². The Morgan fingerprint density at radius 2 is 1.90 bits per heavy atom. The summed E-state index contributed by atoms with van der Waals surface area (Å²) in [6.07, 6.45) is 2.82. The van der Waals surface area contributed by atoms with E-state index in [1.165, 1.54) is 7.11 Å². The number of methoxy groups -OCH3 is 1. The fourth-order valence-electron chi connectivity index (χ4n) is 5.21. The van der Waals surface area contributed by atoms with Crippen molar-refractivity contribution < 1.29 is 18.3 Å². The first-order valence-corrected chi connectivity index (χ1v) is 15.0. The van der Waals surface area contributed by atoms with E-state index in [0.29, 0.717) is 32.9 Å². The minimum absolute atomic E-state index is 0.0996. The summed E-state index contributed by atoms with van der Waals surface area (Å²) >= 11 is 12.1. The summed E-state index contributed by atoms with van der Waals surface area (Å²) in [6, 6.07) is 17.2. The summed E-state index contributed by atoms with van der Waals surface area (Å²) in [5.74, 6) is 0.474. The number of ether oxygens (including phenoxy) is 1. The van der Waals surface area contributed by atoms with Crippen molar-refractivity contribution in [3.63, 3.8) is 0 Å².